The highest BCUT2D eigenvalue weighted by molar-refractivity contribution is 6.23. The SMILES string of the molecule is c1ccc(-c2ccc(N(c3ccc(-c4cccc5c4c4ccccc4n5-c4ccccc4)cc3)c3ccc4c(c3)c3cccc5c6ccccc6n4c53)cc2)cc1. The summed E-state index contributed by atoms with van der Waals surface area (Å²) in [5, 5.41) is 7.64. The van der Waals surface area contributed by atoms with Gasteiger partial charge in [0.1, 0.15) is 0 Å². The highest BCUT2D eigenvalue weighted by Crippen LogP contribution is 2.44. The molecule has 3 aromatic heterocycles. The lowest BCUT2D eigenvalue weighted by Crippen LogP contribution is -2.09. The Morgan fingerprint density at radius 2 is 0.842 bits per heavy atom. The van der Waals surface area contributed by atoms with E-state index in [4.69, 9.17) is 0 Å². The number of benzene rings is 9. The molecule has 9 aromatic carbocycles. The van der Waals surface area contributed by atoms with Gasteiger partial charge in [0.05, 0.1) is 27.6 Å². The molecule has 12 aromatic rings. The molecule has 0 bridgehead atoms. The van der Waals surface area contributed by atoms with E-state index >= 15 is 0 Å². The number of rotatable bonds is 6. The van der Waals surface area contributed by atoms with Gasteiger partial charge in [0.25, 0.3) is 0 Å². The van der Waals surface area contributed by atoms with Gasteiger partial charge >= 0.3 is 0 Å². The van der Waals surface area contributed by atoms with Gasteiger partial charge in [-0.15, -0.1) is 0 Å². The number of hydrogen-bond donors (Lipinski definition) is 0. The Bertz CT molecular complexity index is 3430. The van der Waals surface area contributed by atoms with Crippen LogP contribution in [0.15, 0.2) is 212 Å². The molecule has 0 spiro atoms. The molecule has 3 heteroatoms. The molecule has 0 N–H and O–H groups in total. The van der Waals surface area contributed by atoms with Gasteiger partial charge in [-0.25, -0.2) is 0 Å². The number of nitrogens with zero attached hydrogens (tertiary/aromatic N) is 3. The molecule has 0 amide bonds. The monoisotopic (exact) mass is 725 g/mol. The summed E-state index contributed by atoms with van der Waals surface area (Å²) < 4.78 is 4.83. The van der Waals surface area contributed by atoms with Gasteiger partial charge in [0, 0.05) is 55.1 Å². The van der Waals surface area contributed by atoms with E-state index in [2.05, 4.69) is 226 Å². The van der Waals surface area contributed by atoms with E-state index in [1.807, 2.05) is 0 Å². The van der Waals surface area contributed by atoms with Gasteiger partial charge in [0.2, 0.25) is 0 Å². The van der Waals surface area contributed by atoms with E-state index in [0.717, 1.165) is 22.7 Å². The lowest BCUT2D eigenvalue weighted by Gasteiger charge is -2.26. The molecule has 57 heavy (non-hydrogen) atoms. The summed E-state index contributed by atoms with van der Waals surface area (Å²) in [4.78, 5) is 2.40. The zero-order chi connectivity index (χ0) is 37.5. The van der Waals surface area contributed by atoms with Crippen molar-refractivity contribution in [3.05, 3.63) is 212 Å². The van der Waals surface area contributed by atoms with Crippen molar-refractivity contribution in [1.82, 2.24) is 8.97 Å². The normalized spacial score (nSPS) is 11.9. The molecule has 0 radical (unpaired) electrons. The molecule has 0 saturated heterocycles. The van der Waals surface area contributed by atoms with Crippen molar-refractivity contribution in [1.29, 1.82) is 0 Å². The molecule has 3 nitrogen and oxygen atoms in total. The Balaban J connectivity index is 1.02. The second kappa shape index (κ2) is 12.5. The van der Waals surface area contributed by atoms with Crippen LogP contribution in [0.5, 0.6) is 0 Å². The van der Waals surface area contributed by atoms with Gasteiger partial charge in [0.15, 0.2) is 0 Å². The highest BCUT2D eigenvalue weighted by atomic mass is 15.1. The topological polar surface area (TPSA) is 12.6 Å². The quantitative estimate of drug-likeness (QED) is 0.166. The van der Waals surface area contributed by atoms with Crippen LogP contribution in [0.2, 0.25) is 0 Å². The maximum absolute atomic E-state index is 2.45. The van der Waals surface area contributed by atoms with Crippen LogP contribution < -0.4 is 4.90 Å². The van der Waals surface area contributed by atoms with Crippen LogP contribution in [0.1, 0.15) is 0 Å². The first-order chi connectivity index (χ1) is 28.3. The zero-order valence-electron chi connectivity index (χ0n) is 31.0. The fraction of sp³-hybridized carbons (Fsp3) is 0. The third-order valence-corrected chi connectivity index (χ3v) is 11.8. The number of hydrogen-bond acceptors (Lipinski definition) is 1. The Hall–Kier alpha value is -7.62. The minimum Gasteiger partial charge on any atom is -0.310 e. The number of para-hydroxylation sites is 4. The molecular formula is C54H35N3. The second-order valence-electron chi connectivity index (χ2n) is 14.9. The first-order valence-electron chi connectivity index (χ1n) is 19.6. The molecule has 0 aliphatic heterocycles. The molecule has 0 atom stereocenters. The van der Waals surface area contributed by atoms with Gasteiger partial charge in [-0.05, 0) is 95.1 Å². The molecular weight excluding hydrogens is 691 g/mol. The maximum atomic E-state index is 2.45. The third kappa shape index (κ3) is 4.79. The summed E-state index contributed by atoms with van der Waals surface area (Å²) in [5.74, 6) is 0. The minimum absolute atomic E-state index is 1.10. The predicted octanol–water partition coefficient (Wildman–Crippen LogP) is 14.7. The predicted molar refractivity (Wildman–Crippen MR) is 241 cm³/mol. The van der Waals surface area contributed by atoms with Crippen LogP contribution in [0, 0.1) is 0 Å². The Morgan fingerprint density at radius 1 is 0.316 bits per heavy atom. The largest absolute Gasteiger partial charge is 0.310 e. The number of fused-ring (bicyclic) bond motifs is 9. The summed E-state index contributed by atoms with van der Waals surface area (Å²) in [6.45, 7) is 0. The molecule has 0 saturated carbocycles. The van der Waals surface area contributed by atoms with Crippen LogP contribution in [-0.4, -0.2) is 8.97 Å². The van der Waals surface area contributed by atoms with E-state index in [1.54, 1.807) is 0 Å². The number of anilines is 3. The Labute approximate surface area is 329 Å². The summed E-state index contributed by atoms with van der Waals surface area (Å²) >= 11 is 0. The maximum Gasteiger partial charge on any atom is 0.0620 e. The zero-order valence-corrected chi connectivity index (χ0v) is 31.0. The molecule has 0 aliphatic carbocycles. The summed E-state index contributed by atoms with van der Waals surface area (Å²) in [5.41, 5.74) is 15.5. The average Bonchev–Trinajstić information content (AvgIpc) is 3.93. The summed E-state index contributed by atoms with van der Waals surface area (Å²) in [6.07, 6.45) is 0. The van der Waals surface area contributed by atoms with Crippen molar-refractivity contribution in [2.24, 2.45) is 0 Å². The smallest absolute Gasteiger partial charge is 0.0620 e. The third-order valence-electron chi connectivity index (χ3n) is 11.8. The van der Waals surface area contributed by atoms with Crippen molar-refractivity contribution in [2.45, 2.75) is 0 Å². The van der Waals surface area contributed by atoms with Crippen LogP contribution in [0.4, 0.5) is 17.1 Å². The summed E-state index contributed by atoms with van der Waals surface area (Å²) in [6, 6.07) is 77.3. The second-order valence-corrected chi connectivity index (χ2v) is 14.9. The standard InChI is InChI=1S/C54H35N3/c1-3-13-36(14-4-1)37-25-29-40(30-26-37)55(42-33-34-51-48(35-42)46-21-11-20-45-44-17-7-9-22-49(44)57(51)54(45)46)41-31-27-38(28-32-41)43-19-12-24-52-53(43)47-18-8-10-23-50(47)56(52)39-15-5-2-6-16-39/h1-35H. The van der Waals surface area contributed by atoms with Gasteiger partial charge in [-0.3, -0.25) is 0 Å². The highest BCUT2D eigenvalue weighted by Gasteiger charge is 2.21. The van der Waals surface area contributed by atoms with E-state index in [1.165, 1.54) is 82.2 Å². The van der Waals surface area contributed by atoms with Crippen LogP contribution in [-0.2, 0) is 0 Å². The van der Waals surface area contributed by atoms with Crippen molar-refractivity contribution < 1.29 is 0 Å². The molecule has 0 unspecified atom stereocenters. The summed E-state index contributed by atoms with van der Waals surface area (Å²) in [7, 11) is 0. The fourth-order valence-corrected chi connectivity index (χ4v) is 9.35. The molecule has 0 fully saturated rings. The lowest BCUT2D eigenvalue weighted by atomic mass is 9.99. The van der Waals surface area contributed by atoms with E-state index in [0.29, 0.717) is 0 Å². The molecule has 0 aliphatic rings. The lowest BCUT2D eigenvalue weighted by molar-refractivity contribution is 1.18. The van der Waals surface area contributed by atoms with Crippen molar-refractivity contribution >= 4 is 77.0 Å². The van der Waals surface area contributed by atoms with Gasteiger partial charge in [-0.2, -0.15) is 0 Å². The first kappa shape index (κ1) is 31.7. The van der Waals surface area contributed by atoms with E-state index in [9.17, 15) is 0 Å². The molecule has 3 heterocycles. The van der Waals surface area contributed by atoms with Crippen molar-refractivity contribution in [3.63, 3.8) is 0 Å². The van der Waals surface area contributed by atoms with Gasteiger partial charge < -0.3 is 13.9 Å². The molecule has 266 valence electrons. The van der Waals surface area contributed by atoms with E-state index < -0.39 is 0 Å². The Morgan fingerprint density at radius 3 is 1.60 bits per heavy atom. The van der Waals surface area contributed by atoms with Crippen molar-refractivity contribution in [3.8, 4) is 27.9 Å². The average molecular weight is 726 g/mol. The number of aromatic nitrogens is 2. The van der Waals surface area contributed by atoms with Crippen molar-refractivity contribution in [2.75, 3.05) is 4.90 Å². The van der Waals surface area contributed by atoms with E-state index in [-0.39, 0.29) is 0 Å². The first-order valence-corrected chi connectivity index (χ1v) is 19.6. The van der Waals surface area contributed by atoms with Gasteiger partial charge in [-0.1, -0.05) is 140 Å². The Kier molecular flexibility index (Phi) is 6.93. The van der Waals surface area contributed by atoms with Crippen LogP contribution >= 0.6 is 0 Å². The molecule has 12 rings (SSSR count). The van der Waals surface area contributed by atoms with Crippen LogP contribution in [0.25, 0.3) is 87.8 Å². The minimum atomic E-state index is 1.10. The van der Waals surface area contributed by atoms with Crippen LogP contribution in [0.3, 0.4) is 0 Å². The fourth-order valence-electron chi connectivity index (χ4n) is 9.35.